The molecule has 8 nitrogen and oxygen atoms in total. The first-order valence-corrected chi connectivity index (χ1v) is 5.82. The van der Waals surface area contributed by atoms with Crippen molar-refractivity contribution in [2.75, 3.05) is 6.61 Å². The van der Waals surface area contributed by atoms with E-state index in [1.165, 1.54) is 0 Å². The minimum Gasteiger partial charge on any atom is -0.460 e. The van der Waals surface area contributed by atoms with E-state index >= 15 is 0 Å². The molecule has 2 rings (SSSR count). The summed E-state index contributed by atoms with van der Waals surface area (Å²) in [6.07, 6.45) is 0. The Balaban J connectivity index is 2.30. The van der Waals surface area contributed by atoms with Crippen molar-refractivity contribution in [3.8, 4) is 11.4 Å². The van der Waals surface area contributed by atoms with Crippen molar-refractivity contribution in [3.05, 3.63) is 46.3 Å². The zero-order valence-electron chi connectivity index (χ0n) is 10.6. The maximum Gasteiger partial charge on any atom is 0.392 e. The van der Waals surface area contributed by atoms with E-state index in [-0.39, 0.29) is 12.4 Å². The van der Waals surface area contributed by atoms with Crippen molar-refractivity contribution in [3.63, 3.8) is 0 Å². The number of nitrogens with zero attached hydrogens (tertiary/aromatic N) is 3. The minimum atomic E-state index is -1.81. The van der Waals surface area contributed by atoms with Crippen LogP contribution >= 0.6 is 0 Å². The van der Waals surface area contributed by atoms with Crippen molar-refractivity contribution >= 4 is 5.97 Å². The van der Waals surface area contributed by atoms with Crippen LogP contribution in [0.5, 0.6) is 0 Å². The SMILES string of the molecule is CCOC(=O)C(c1nc(-c2ccccc2)no1)[N+](=O)[O-]. The van der Waals surface area contributed by atoms with Gasteiger partial charge in [-0.3, -0.25) is 10.1 Å². The van der Waals surface area contributed by atoms with Gasteiger partial charge in [0.15, 0.2) is 0 Å². The van der Waals surface area contributed by atoms with Crippen molar-refractivity contribution in [2.45, 2.75) is 13.0 Å². The molecule has 0 aliphatic rings. The predicted molar refractivity (Wildman–Crippen MR) is 66.1 cm³/mol. The Labute approximate surface area is 113 Å². The molecular weight excluding hydrogens is 266 g/mol. The summed E-state index contributed by atoms with van der Waals surface area (Å²) >= 11 is 0. The Morgan fingerprint density at radius 2 is 2.15 bits per heavy atom. The molecule has 1 aromatic heterocycles. The van der Waals surface area contributed by atoms with Crippen molar-refractivity contribution in [1.82, 2.24) is 10.1 Å². The molecule has 0 saturated heterocycles. The Kier molecular flexibility index (Phi) is 4.04. The highest BCUT2D eigenvalue weighted by molar-refractivity contribution is 5.75. The molecule has 0 radical (unpaired) electrons. The van der Waals surface area contributed by atoms with Crippen LogP contribution in [0.25, 0.3) is 11.4 Å². The molecule has 0 bridgehead atoms. The molecule has 0 aliphatic carbocycles. The zero-order valence-corrected chi connectivity index (χ0v) is 10.6. The second-order valence-corrected chi connectivity index (χ2v) is 3.76. The van der Waals surface area contributed by atoms with Gasteiger partial charge in [-0.25, -0.2) is 4.79 Å². The molecule has 1 aromatic carbocycles. The van der Waals surface area contributed by atoms with Gasteiger partial charge in [0.05, 0.1) is 6.61 Å². The van der Waals surface area contributed by atoms with Gasteiger partial charge >= 0.3 is 17.9 Å². The quantitative estimate of drug-likeness (QED) is 0.464. The van der Waals surface area contributed by atoms with E-state index in [0.717, 1.165) is 0 Å². The number of benzene rings is 1. The molecule has 0 saturated carbocycles. The van der Waals surface area contributed by atoms with Crippen LogP contribution < -0.4 is 0 Å². The molecule has 104 valence electrons. The van der Waals surface area contributed by atoms with E-state index in [2.05, 4.69) is 14.9 Å². The van der Waals surface area contributed by atoms with Crippen LogP contribution in [-0.4, -0.2) is 27.6 Å². The number of hydrogen-bond donors (Lipinski definition) is 0. The minimum absolute atomic E-state index is 0.0306. The number of carbonyl (C=O) groups excluding carboxylic acids is 1. The molecule has 0 N–H and O–H groups in total. The summed E-state index contributed by atoms with van der Waals surface area (Å²) in [5.74, 6) is -1.25. The molecule has 8 heteroatoms. The van der Waals surface area contributed by atoms with Crippen LogP contribution in [0.1, 0.15) is 18.9 Å². The molecule has 0 spiro atoms. The van der Waals surface area contributed by atoms with E-state index in [4.69, 9.17) is 4.52 Å². The Hall–Kier alpha value is -2.77. The topological polar surface area (TPSA) is 108 Å². The monoisotopic (exact) mass is 277 g/mol. The normalized spacial score (nSPS) is 11.8. The summed E-state index contributed by atoms with van der Waals surface area (Å²) < 4.78 is 9.43. The number of esters is 1. The number of carbonyl (C=O) groups is 1. The molecule has 1 unspecified atom stereocenters. The molecule has 1 heterocycles. The average molecular weight is 277 g/mol. The Morgan fingerprint density at radius 3 is 2.75 bits per heavy atom. The Morgan fingerprint density at radius 1 is 1.45 bits per heavy atom. The van der Waals surface area contributed by atoms with Gasteiger partial charge in [0.25, 0.3) is 0 Å². The van der Waals surface area contributed by atoms with E-state index in [1.54, 1.807) is 31.2 Å². The van der Waals surface area contributed by atoms with Gasteiger partial charge in [-0.1, -0.05) is 35.5 Å². The average Bonchev–Trinajstić information content (AvgIpc) is 2.89. The Bertz CT molecular complexity index is 611. The lowest BCUT2D eigenvalue weighted by atomic mass is 10.2. The summed E-state index contributed by atoms with van der Waals surface area (Å²) in [7, 11) is 0. The summed E-state index contributed by atoms with van der Waals surface area (Å²) in [4.78, 5) is 25.5. The molecular formula is C12H11N3O5. The van der Waals surface area contributed by atoms with E-state index in [9.17, 15) is 14.9 Å². The van der Waals surface area contributed by atoms with Crippen molar-refractivity contribution < 1.29 is 19.0 Å². The number of rotatable bonds is 5. The molecule has 1 atom stereocenters. The van der Waals surface area contributed by atoms with Crippen molar-refractivity contribution in [1.29, 1.82) is 0 Å². The highest BCUT2D eigenvalue weighted by Crippen LogP contribution is 2.21. The second-order valence-electron chi connectivity index (χ2n) is 3.76. The van der Waals surface area contributed by atoms with Gasteiger partial charge in [0, 0.05) is 10.5 Å². The van der Waals surface area contributed by atoms with Crippen LogP contribution in [-0.2, 0) is 9.53 Å². The van der Waals surface area contributed by atoms with Gasteiger partial charge in [-0.15, -0.1) is 0 Å². The number of nitro groups is 1. The predicted octanol–water partition coefficient (Wildman–Crippen LogP) is 1.62. The van der Waals surface area contributed by atoms with Crippen LogP contribution in [0.4, 0.5) is 0 Å². The maximum atomic E-state index is 11.5. The van der Waals surface area contributed by atoms with Gasteiger partial charge in [0.1, 0.15) is 0 Å². The van der Waals surface area contributed by atoms with Crippen LogP contribution in [0.2, 0.25) is 0 Å². The van der Waals surface area contributed by atoms with Gasteiger partial charge < -0.3 is 9.26 Å². The van der Waals surface area contributed by atoms with Crippen LogP contribution in [0, 0.1) is 10.1 Å². The largest absolute Gasteiger partial charge is 0.460 e. The van der Waals surface area contributed by atoms with E-state index in [1.807, 2.05) is 6.07 Å². The standard InChI is InChI=1S/C12H11N3O5/c1-2-19-12(16)9(15(17)18)11-13-10(14-20-11)8-6-4-3-5-7-8/h3-7,9H,2H2,1H3. The lowest BCUT2D eigenvalue weighted by Gasteiger charge is -2.03. The lowest BCUT2D eigenvalue weighted by Crippen LogP contribution is -2.23. The molecule has 0 aliphatic heterocycles. The molecule has 0 amide bonds. The molecule has 2 aromatic rings. The van der Waals surface area contributed by atoms with Crippen LogP contribution in [0.15, 0.2) is 34.9 Å². The molecule has 20 heavy (non-hydrogen) atoms. The smallest absolute Gasteiger partial charge is 0.392 e. The first-order chi connectivity index (χ1) is 9.63. The van der Waals surface area contributed by atoms with Gasteiger partial charge in [0.2, 0.25) is 5.82 Å². The lowest BCUT2D eigenvalue weighted by molar-refractivity contribution is -0.520. The third-order valence-electron chi connectivity index (χ3n) is 2.43. The fourth-order valence-corrected chi connectivity index (χ4v) is 1.55. The summed E-state index contributed by atoms with van der Waals surface area (Å²) in [5.41, 5.74) is 0.633. The van der Waals surface area contributed by atoms with Crippen LogP contribution in [0.3, 0.4) is 0 Å². The van der Waals surface area contributed by atoms with E-state index in [0.29, 0.717) is 5.56 Å². The highest BCUT2D eigenvalue weighted by Gasteiger charge is 2.39. The first-order valence-electron chi connectivity index (χ1n) is 5.82. The van der Waals surface area contributed by atoms with E-state index < -0.39 is 22.8 Å². The first kappa shape index (κ1) is 13.7. The van der Waals surface area contributed by atoms with Gasteiger partial charge in [-0.05, 0) is 6.92 Å². The number of ether oxygens (including phenoxy) is 1. The summed E-state index contributed by atoms with van der Waals surface area (Å²) in [5, 5.41) is 14.6. The second kappa shape index (κ2) is 5.91. The summed E-state index contributed by atoms with van der Waals surface area (Å²) in [6, 6.07) is 6.98. The highest BCUT2D eigenvalue weighted by atomic mass is 16.6. The van der Waals surface area contributed by atoms with Crippen molar-refractivity contribution in [2.24, 2.45) is 0 Å². The number of hydrogen-bond acceptors (Lipinski definition) is 7. The number of aromatic nitrogens is 2. The third kappa shape index (κ3) is 2.79. The van der Waals surface area contributed by atoms with Gasteiger partial charge in [-0.2, -0.15) is 4.98 Å². The zero-order chi connectivity index (χ0) is 14.5. The fourth-order valence-electron chi connectivity index (χ4n) is 1.55. The third-order valence-corrected chi connectivity index (χ3v) is 2.43. The maximum absolute atomic E-state index is 11.5. The summed E-state index contributed by atoms with van der Waals surface area (Å²) in [6.45, 7) is 1.58. The fraction of sp³-hybridized carbons (Fsp3) is 0.250. The molecule has 0 fully saturated rings.